The van der Waals surface area contributed by atoms with Crippen molar-refractivity contribution in [2.45, 2.75) is 83.6 Å². The summed E-state index contributed by atoms with van der Waals surface area (Å²) in [5.41, 5.74) is 11.1. The van der Waals surface area contributed by atoms with E-state index in [1.807, 2.05) is 44.2 Å². The van der Waals surface area contributed by atoms with E-state index in [0.29, 0.717) is 32.2 Å². The van der Waals surface area contributed by atoms with Crippen molar-refractivity contribution in [2.24, 2.45) is 11.7 Å². The van der Waals surface area contributed by atoms with Crippen LogP contribution in [0, 0.1) is 5.92 Å². The van der Waals surface area contributed by atoms with E-state index in [1.54, 1.807) is 6.92 Å². The normalized spacial score (nSPS) is 17.5. The van der Waals surface area contributed by atoms with E-state index in [2.05, 4.69) is 21.5 Å². The highest BCUT2D eigenvalue weighted by Crippen LogP contribution is 2.23. The van der Waals surface area contributed by atoms with Gasteiger partial charge in [0.15, 0.2) is 12.2 Å². The van der Waals surface area contributed by atoms with Crippen LogP contribution in [0.4, 0.5) is 0 Å². The molecule has 39 heavy (non-hydrogen) atoms. The fraction of sp³-hybridized carbons (Fsp3) is 0.593. The molecule has 0 bridgehead atoms. The lowest BCUT2D eigenvalue weighted by Crippen LogP contribution is -2.56. The molecule has 6 N–H and O–H groups in total. The molecule has 2 unspecified atom stereocenters. The van der Waals surface area contributed by atoms with Crippen LogP contribution >= 0.6 is 0 Å². The lowest BCUT2D eigenvalue weighted by Gasteiger charge is -2.24. The summed E-state index contributed by atoms with van der Waals surface area (Å²) in [6.07, 6.45) is 0.521. The smallest absolute Gasteiger partial charge is 0.338 e. The van der Waals surface area contributed by atoms with E-state index in [1.165, 1.54) is 0 Å². The molecular formula is C27H41N5O7. The molecule has 1 heterocycles. The summed E-state index contributed by atoms with van der Waals surface area (Å²) in [6.45, 7) is 6.07. The van der Waals surface area contributed by atoms with Crippen LogP contribution in [0.3, 0.4) is 0 Å². The number of carbonyl (C=O) groups is 5. The van der Waals surface area contributed by atoms with E-state index in [-0.39, 0.29) is 31.3 Å². The van der Waals surface area contributed by atoms with Gasteiger partial charge in [0.2, 0.25) is 11.8 Å². The summed E-state index contributed by atoms with van der Waals surface area (Å²) >= 11 is 0. The van der Waals surface area contributed by atoms with Crippen molar-refractivity contribution < 1.29 is 33.4 Å². The maximum atomic E-state index is 13.2. The lowest BCUT2D eigenvalue weighted by atomic mass is 10.0. The second kappa shape index (κ2) is 16.5. The molecule has 0 radical (unpaired) electrons. The molecule has 0 spiro atoms. The van der Waals surface area contributed by atoms with E-state index >= 15 is 0 Å². The average Bonchev–Trinajstić information content (AvgIpc) is 3.71. The van der Waals surface area contributed by atoms with Crippen LogP contribution in [0.1, 0.15) is 58.4 Å². The van der Waals surface area contributed by atoms with E-state index in [4.69, 9.17) is 15.2 Å². The van der Waals surface area contributed by atoms with Gasteiger partial charge in [-0.2, -0.15) is 0 Å². The van der Waals surface area contributed by atoms with Gasteiger partial charge in [-0.1, -0.05) is 44.2 Å². The third kappa shape index (κ3) is 11.4. The van der Waals surface area contributed by atoms with Gasteiger partial charge in [0, 0.05) is 6.42 Å². The number of aryl methyl sites for hydroxylation is 1. The minimum atomic E-state index is -1.06. The highest BCUT2D eigenvalue weighted by Gasteiger charge is 2.51. The van der Waals surface area contributed by atoms with Crippen molar-refractivity contribution in [1.29, 1.82) is 0 Å². The number of benzene rings is 1. The fourth-order valence-corrected chi connectivity index (χ4v) is 3.90. The Labute approximate surface area is 229 Å². The molecule has 12 nitrogen and oxygen atoms in total. The maximum Gasteiger partial charge on any atom is 0.338 e. The third-order valence-corrected chi connectivity index (χ3v) is 6.00. The molecule has 1 aliphatic rings. The summed E-state index contributed by atoms with van der Waals surface area (Å²) in [7, 11) is 0. The number of hydrogen-bond donors (Lipinski definition) is 5. The Hall–Kier alpha value is -3.51. The molecule has 1 fully saturated rings. The molecule has 1 aromatic carbocycles. The van der Waals surface area contributed by atoms with Gasteiger partial charge in [-0.15, -0.1) is 0 Å². The zero-order chi connectivity index (χ0) is 28.8. The van der Waals surface area contributed by atoms with Crippen LogP contribution in [0.2, 0.25) is 0 Å². The van der Waals surface area contributed by atoms with Gasteiger partial charge < -0.3 is 25.8 Å². The van der Waals surface area contributed by atoms with Crippen molar-refractivity contribution in [2.75, 3.05) is 13.2 Å². The molecule has 0 saturated carbocycles. The van der Waals surface area contributed by atoms with Crippen molar-refractivity contribution in [3.63, 3.8) is 0 Å². The van der Waals surface area contributed by atoms with Crippen LogP contribution in [-0.2, 0) is 39.9 Å². The van der Waals surface area contributed by atoms with Crippen molar-refractivity contribution in [1.82, 2.24) is 21.5 Å². The number of unbranched alkanes of at least 4 members (excludes halogenated alkanes) is 1. The number of amides is 4. The molecule has 4 atom stereocenters. The molecule has 12 heteroatoms. The number of ether oxygens (including phenoxy) is 2. The highest BCUT2D eigenvalue weighted by molar-refractivity contribution is 5.95. The van der Waals surface area contributed by atoms with Crippen molar-refractivity contribution in [3.8, 4) is 0 Å². The molecule has 216 valence electrons. The summed E-state index contributed by atoms with van der Waals surface area (Å²) in [6, 6.07) is 7.74. The fourth-order valence-electron chi connectivity index (χ4n) is 3.90. The third-order valence-electron chi connectivity index (χ3n) is 6.00. The lowest BCUT2D eigenvalue weighted by molar-refractivity contribution is -0.144. The molecular weight excluding hydrogens is 506 g/mol. The van der Waals surface area contributed by atoms with Crippen LogP contribution < -0.4 is 27.2 Å². The van der Waals surface area contributed by atoms with Crippen LogP contribution in [-0.4, -0.2) is 67.0 Å². The predicted octanol–water partition coefficient (Wildman–Crippen LogP) is 0.242. The molecule has 1 saturated heterocycles. The van der Waals surface area contributed by atoms with Gasteiger partial charge in [0.25, 0.3) is 11.8 Å². The highest BCUT2D eigenvalue weighted by atomic mass is 16.6. The average molecular weight is 548 g/mol. The Morgan fingerprint density at radius 2 is 1.67 bits per heavy atom. The van der Waals surface area contributed by atoms with Crippen LogP contribution in [0.25, 0.3) is 0 Å². The number of hydrazine groups is 1. The minimum absolute atomic E-state index is 0.102. The number of nitrogens with two attached hydrogens (primary N) is 1. The molecule has 4 amide bonds. The molecule has 2 rings (SSSR count). The summed E-state index contributed by atoms with van der Waals surface area (Å²) in [4.78, 5) is 62.6. The predicted molar refractivity (Wildman–Crippen MR) is 143 cm³/mol. The van der Waals surface area contributed by atoms with Gasteiger partial charge in [-0.3, -0.25) is 30.0 Å². The summed E-state index contributed by atoms with van der Waals surface area (Å²) in [5, 5.41) is 5.51. The Morgan fingerprint density at radius 3 is 2.31 bits per heavy atom. The second-order valence-electron chi connectivity index (χ2n) is 9.79. The number of hydrogen-bond acceptors (Lipinski definition) is 8. The quantitative estimate of drug-likeness (QED) is 0.0844. The number of carbonyl (C=O) groups excluding carboxylic acids is 5. The SMILES string of the molecule is CCOC(=O)C1OC1C(=O)NNC(=O)[C@H](CCCCN)NC(=O)[C@H](CC(C)C)NC(=O)CCc1ccccc1. The first kappa shape index (κ1) is 31.7. The molecule has 1 aromatic rings. The van der Waals surface area contributed by atoms with Gasteiger partial charge in [-0.25, -0.2) is 4.79 Å². The molecule has 0 aromatic heterocycles. The van der Waals surface area contributed by atoms with E-state index in [0.717, 1.165) is 5.56 Å². The first-order valence-electron chi connectivity index (χ1n) is 13.4. The maximum absolute atomic E-state index is 13.2. The zero-order valence-corrected chi connectivity index (χ0v) is 22.9. The van der Waals surface area contributed by atoms with Gasteiger partial charge in [0.1, 0.15) is 12.1 Å². The zero-order valence-electron chi connectivity index (χ0n) is 22.9. The standard InChI is InChI=1S/C27H41N5O7/c1-4-38-27(37)23-22(39-23)26(36)32-31-25(35)19(12-8-9-15-28)30-24(34)20(16-17(2)3)29-21(33)14-13-18-10-6-5-7-11-18/h5-7,10-11,17,19-20,22-23H,4,8-9,12-16,28H2,1-3H3,(H,29,33)(H,30,34)(H,31,35)(H,32,36)/t19-,20-,22?,23?/m0/s1. The number of rotatable bonds is 16. The minimum Gasteiger partial charge on any atom is -0.464 e. The number of nitrogens with one attached hydrogen (secondary N) is 4. The largest absolute Gasteiger partial charge is 0.464 e. The summed E-state index contributed by atoms with van der Waals surface area (Å²) in [5.74, 6) is -2.68. The topological polar surface area (TPSA) is 181 Å². The number of epoxide rings is 1. The number of esters is 1. The summed E-state index contributed by atoms with van der Waals surface area (Å²) < 4.78 is 9.83. The molecule has 0 aliphatic carbocycles. The van der Waals surface area contributed by atoms with Gasteiger partial charge in [-0.05, 0) is 57.1 Å². The monoisotopic (exact) mass is 547 g/mol. The van der Waals surface area contributed by atoms with Crippen LogP contribution in [0.15, 0.2) is 30.3 Å². The second-order valence-corrected chi connectivity index (χ2v) is 9.79. The van der Waals surface area contributed by atoms with Gasteiger partial charge in [0.05, 0.1) is 6.61 Å². The molecule has 1 aliphatic heterocycles. The Kier molecular flexibility index (Phi) is 13.4. The van der Waals surface area contributed by atoms with Crippen LogP contribution in [0.5, 0.6) is 0 Å². The van der Waals surface area contributed by atoms with Crippen molar-refractivity contribution in [3.05, 3.63) is 35.9 Å². The Bertz CT molecular complexity index is 973. The first-order valence-corrected chi connectivity index (χ1v) is 13.4. The first-order chi connectivity index (χ1) is 18.7. The van der Waals surface area contributed by atoms with E-state index < -0.39 is 48.0 Å². The Balaban J connectivity index is 1.95. The van der Waals surface area contributed by atoms with Gasteiger partial charge >= 0.3 is 5.97 Å². The van der Waals surface area contributed by atoms with E-state index in [9.17, 15) is 24.0 Å². The Morgan fingerprint density at radius 1 is 0.949 bits per heavy atom. The van der Waals surface area contributed by atoms with Crippen molar-refractivity contribution >= 4 is 29.6 Å².